The molecule has 0 unspecified atom stereocenters. The quantitative estimate of drug-likeness (QED) is 0.847. The molecule has 1 fully saturated rings. The molecule has 1 aliphatic heterocycles. The molecule has 1 N–H and O–H groups in total. The zero-order valence-electron chi connectivity index (χ0n) is 13.5. The van der Waals surface area contributed by atoms with Crippen molar-refractivity contribution in [3.05, 3.63) is 34.6 Å². The van der Waals surface area contributed by atoms with Crippen LogP contribution < -0.4 is 5.32 Å². The smallest absolute Gasteiger partial charge is 0.236 e. The maximum atomic E-state index is 13.7. The summed E-state index contributed by atoms with van der Waals surface area (Å²) in [4.78, 5) is 15.8. The van der Waals surface area contributed by atoms with E-state index in [0.717, 1.165) is 13.1 Å². The number of hydrogen-bond donors (Lipinski definition) is 1. The number of rotatable bonds is 6. The van der Waals surface area contributed by atoms with Crippen molar-refractivity contribution < 1.29 is 13.9 Å². The summed E-state index contributed by atoms with van der Waals surface area (Å²) in [5, 5.41) is 3.43. The molecule has 0 spiro atoms. The first kappa shape index (κ1) is 18.1. The van der Waals surface area contributed by atoms with Crippen LogP contribution in [0.2, 0.25) is 5.02 Å². The van der Waals surface area contributed by atoms with Gasteiger partial charge in [0.1, 0.15) is 5.82 Å². The van der Waals surface area contributed by atoms with Gasteiger partial charge < -0.3 is 19.9 Å². The Kier molecular flexibility index (Phi) is 6.77. The second-order valence-corrected chi connectivity index (χ2v) is 6.24. The number of nitrogens with one attached hydrogen (secondary N) is 1. The average Bonchev–Trinajstić information content (AvgIpc) is 2.51. The number of nitrogens with zero attached hydrogens (tertiary/aromatic N) is 2. The van der Waals surface area contributed by atoms with Gasteiger partial charge in [-0.1, -0.05) is 17.7 Å². The highest BCUT2D eigenvalue weighted by Crippen LogP contribution is 2.20. The highest BCUT2D eigenvalue weighted by molar-refractivity contribution is 6.31. The molecule has 0 aliphatic carbocycles. The van der Waals surface area contributed by atoms with E-state index in [-0.39, 0.29) is 25.1 Å². The number of hydrogen-bond acceptors (Lipinski definition) is 4. The molecule has 1 saturated heterocycles. The van der Waals surface area contributed by atoms with E-state index in [0.29, 0.717) is 23.7 Å². The van der Waals surface area contributed by atoms with Crippen molar-refractivity contribution in [1.82, 2.24) is 15.1 Å². The fraction of sp³-hybridized carbons (Fsp3) is 0.562. The Morgan fingerprint density at radius 2 is 2.35 bits per heavy atom. The van der Waals surface area contributed by atoms with Gasteiger partial charge in [-0.3, -0.25) is 4.79 Å². The molecule has 1 heterocycles. The molecule has 5 nitrogen and oxygen atoms in total. The zero-order chi connectivity index (χ0) is 16.8. The van der Waals surface area contributed by atoms with E-state index in [1.165, 1.54) is 11.0 Å². The maximum Gasteiger partial charge on any atom is 0.236 e. The number of carbonyl (C=O) groups is 1. The molecular weight excluding hydrogens is 321 g/mol. The molecule has 1 atom stereocenters. The van der Waals surface area contributed by atoms with Gasteiger partial charge >= 0.3 is 0 Å². The van der Waals surface area contributed by atoms with E-state index in [4.69, 9.17) is 16.3 Å². The number of morpholine rings is 1. The largest absolute Gasteiger partial charge is 0.374 e. The number of benzene rings is 1. The number of amides is 1. The highest BCUT2D eigenvalue weighted by atomic mass is 35.5. The summed E-state index contributed by atoms with van der Waals surface area (Å²) in [5.41, 5.74) is 0.335. The lowest BCUT2D eigenvalue weighted by Crippen LogP contribution is -2.46. The Balaban J connectivity index is 1.76. The van der Waals surface area contributed by atoms with E-state index < -0.39 is 5.82 Å². The molecule has 7 heteroatoms. The Morgan fingerprint density at radius 1 is 1.57 bits per heavy atom. The van der Waals surface area contributed by atoms with Crippen molar-refractivity contribution in [3.8, 4) is 0 Å². The van der Waals surface area contributed by atoms with E-state index in [1.54, 1.807) is 19.2 Å². The SMILES string of the molecule is CN1CCO[C@@H](CNCC(=O)N(C)Cc2c(F)cccc2Cl)C1. The monoisotopic (exact) mass is 343 g/mol. The Labute approximate surface area is 141 Å². The standard InChI is InChI=1S/C16H23ClFN3O2/c1-20-6-7-23-12(10-20)8-19-9-16(22)21(2)11-13-14(17)4-3-5-15(13)18/h3-5,12,19H,6-11H2,1-2H3/t12-/m0/s1. The lowest BCUT2D eigenvalue weighted by Gasteiger charge is -2.30. The summed E-state index contributed by atoms with van der Waals surface area (Å²) in [6, 6.07) is 4.51. The van der Waals surface area contributed by atoms with Crippen LogP contribution in [0.1, 0.15) is 5.56 Å². The van der Waals surface area contributed by atoms with Gasteiger partial charge in [-0.2, -0.15) is 0 Å². The topological polar surface area (TPSA) is 44.8 Å². The van der Waals surface area contributed by atoms with E-state index in [2.05, 4.69) is 10.2 Å². The van der Waals surface area contributed by atoms with Gasteiger partial charge in [-0.15, -0.1) is 0 Å². The molecule has 0 aromatic heterocycles. The van der Waals surface area contributed by atoms with Crippen LogP contribution in [0.4, 0.5) is 4.39 Å². The van der Waals surface area contributed by atoms with Gasteiger partial charge in [-0.05, 0) is 19.2 Å². The second kappa shape index (κ2) is 8.59. The van der Waals surface area contributed by atoms with Gasteiger partial charge in [0.05, 0.1) is 19.3 Å². The molecule has 128 valence electrons. The molecule has 1 aromatic carbocycles. The summed E-state index contributed by atoms with van der Waals surface area (Å²) < 4.78 is 19.4. The van der Waals surface area contributed by atoms with Crippen molar-refractivity contribution in [3.63, 3.8) is 0 Å². The van der Waals surface area contributed by atoms with Crippen molar-refractivity contribution >= 4 is 17.5 Å². The van der Waals surface area contributed by atoms with Crippen LogP contribution >= 0.6 is 11.6 Å². The fourth-order valence-corrected chi connectivity index (χ4v) is 2.70. The number of carbonyl (C=O) groups excluding carboxylic acids is 1. The molecule has 1 aliphatic rings. The number of ether oxygens (including phenoxy) is 1. The lowest BCUT2D eigenvalue weighted by atomic mass is 10.2. The minimum Gasteiger partial charge on any atom is -0.374 e. The van der Waals surface area contributed by atoms with E-state index in [9.17, 15) is 9.18 Å². The van der Waals surface area contributed by atoms with Gasteiger partial charge in [0.2, 0.25) is 5.91 Å². The minimum atomic E-state index is -0.399. The third-order valence-electron chi connectivity index (χ3n) is 3.87. The third-order valence-corrected chi connectivity index (χ3v) is 4.23. The second-order valence-electron chi connectivity index (χ2n) is 5.84. The zero-order valence-corrected chi connectivity index (χ0v) is 14.3. The van der Waals surface area contributed by atoms with Crippen LogP contribution in [-0.4, -0.2) is 68.7 Å². The Bertz CT molecular complexity index is 524. The van der Waals surface area contributed by atoms with Crippen LogP contribution in [0.15, 0.2) is 18.2 Å². The summed E-state index contributed by atoms with van der Waals surface area (Å²) in [7, 11) is 3.68. The molecule has 0 bridgehead atoms. The normalized spacial score (nSPS) is 18.9. The summed E-state index contributed by atoms with van der Waals surface area (Å²) in [6.07, 6.45) is 0.0906. The highest BCUT2D eigenvalue weighted by Gasteiger charge is 2.18. The Hall–Kier alpha value is -1.21. The first-order valence-electron chi connectivity index (χ1n) is 7.65. The van der Waals surface area contributed by atoms with Gasteiger partial charge in [0.25, 0.3) is 0 Å². The summed E-state index contributed by atoms with van der Waals surface area (Å²) in [6.45, 7) is 3.44. The third kappa shape index (κ3) is 5.42. The van der Waals surface area contributed by atoms with Crippen molar-refractivity contribution in [2.75, 3.05) is 46.9 Å². The molecule has 1 aromatic rings. The minimum absolute atomic E-state index is 0.0906. The fourth-order valence-electron chi connectivity index (χ4n) is 2.47. The van der Waals surface area contributed by atoms with Crippen molar-refractivity contribution in [2.24, 2.45) is 0 Å². The maximum absolute atomic E-state index is 13.7. The first-order valence-corrected chi connectivity index (χ1v) is 8.03. The van der Waals surface area contributed by atoms with Gasteiger partial charge in [0, 0.05) is 43.8 Å². The Morgan fingerprint density at radius 3 is 3.04 bits per heavy atom. The molecule has 0 saturated carbocycles. The predicted molar refractivity (Wildman–Crippen MR) is 88.0 cm³/mol. The molecule has 23 heavy (non-hydrogen) atoms. The van der Waals surface area contributed by atoms with Crippen LogP contribution in [0.3, 0.4) is 0 Å². The first-order chi connectivity index (χ1) is 11.0. The average molecular weight is 344 g/mol. The van der Waals surface area contributed by atoms with Gasteiger partial charge in [-0.25, -0.2) is 4.39 Å². The van der Waals surface area contributed by atoms with Crippen molar-refractivity contribution in [2.45, 2.75) is 12.6 Å². The molecular formula is C16H23ClFN3O2. The number of likely N-dealkylation sites (N-methyl/N-ethyl adjacent to an activating group) is 2. The summed E-state index contributed by atoms with van der Waals surface area (Å²) >= 11 is 5.98. The molecule has 2 rings (SSSR count). The number of halogens is 2. The lowest BCUT2D eigenvalue weighted by molar-refractivity contribution is -0.129. The van der Waals surface area contributed by atoms with E-state index in [1.807, 2.05) is 7.05 Å². The van der Waals surface area contributed by atoms with Crippen LogP contribution in [0.25, 0.3) is 0 Å². The predicted octanol–water partition coefficient (Wildman–Crippen LogP) is 1.36. The molecule has 1 amide bonds. The van der Waals surface area contributed by atoms with Crippen LogP contribution in [-0.2, 0) is 16.1 Å². The van der Waals surface area contributed by atoms with Crippen molar-refractivity contribution in [1.29, 1.82) is 0 Å². The van der Waals surface area contributed by atoms with Crippen LogP contribution in [0, 0.1) is 5.82 Å². The van der Waals surface area contributed by atoms with E-state index >= 15 is 0 Å². The van der Waals surface area contributed by atoms with Gasteiger partial charge in [0.15, 0.2) is 0 Å². The molecule has 0 radical (unpaired) electrons. The van der Waals surface area contributed by atoms with Crippen LogP contribution in [0.5, 0.6) is 0 Å². The summed E-state index contributed by atoms with van der Waals surface area (Å²) in [5.74, 6) is -0.516.